The van der Waals surface area contributed by atoms with Gasteiger partial charge in [0.1, 0.15) is 11.9 Å². The molecule has 2 heterocycles. The Bertz CT molecular complexity index is 452. The van der Waals surface area contributed by atoms with Crippen molar-refractivity contribution in [1.29, 1.82) is 0 Å². The number of hydrogen-bond donors (Lipinski definition) is 0. The van der Waals surface area contributed by atoms with Crippen LogP contribution in [-0.4, -0.2) is 25.2 Å². The standard InChI is InChI=1S/C16H21ClO2/c1-12-3-4-15-13(7-12)8-14(19-15)9-16(10-17)5-2-6-18-11-16/h3-4,7,14H,2,5-6,8-11H2,1H3. The Morgan fingerprint density at radius 2 is 2.32 bits per heavy atom. The van der Waals surface area contributed by atoms with E-state index in [9.17, 15) is 0 Å². The number of benzene rings is 1. The first kappa shape index (κ1) is 13.3. The minimum atomic E-state index is 0.113. The molecular weight excluding hydrogens is 260 g/mol. The van der Waals surface area contributed by atoms with E-state index >= 15 is 0 Å². The summed E-state index contributed by atoms with van der Waals surface area (Å²) in [5.74, 6) is 1.72. The first-order chi connectivity index (χ1) is 9.21. The van der Waals surface area contributed by atoms with Crippen LogP contribution in [0.1, 0.15) is 30.4 Å². The first-order valence-electron chi connectivity index (χ1n) is 7.11. The van der Waals surface area contributed by atoms with Crippen LogP contribution >= 0.6 is 11.6 Å². The molecule has 104 valence electrons. The lowest BCUT2D eigenvalue weighted by atomic mass is 9.79. The van der Waals surface area contributed by atoms with E-state index in [2.05, 4.69) is 25.1 Å². The van der Waals surface area contributed by atoms with Crippen molar-refractivity contribution in [3.05, 3.63) is 29.3 Å². The van der Waals surface area contributed by atoms with E-state index in [1.54, 1.807) is 0 Å². The molecule has 1 saturated heterocycles. The number of aryl methyl sites for hydroxylation is 1. The van der Waals surface area contributed by atoms with Crippen molar-refractivity contribution in [3.63, 3.8) is 0 Å². The second-order valence-corrected chi connectivity index (χ2v) is 6.32. The minimum Gasteiger partial charge on any atom is -0.490 e. The maximum absolute atomic E-state index is 6.22. The summed E-state index contributed by atoms with van der Waals surface area (Å²) in [7, 11) is 0. The van der Waals surface area contributed by atoms with E-state index in [0.717, 1.165) is 44.6 Å². The molecule has 1 fully saturated rings. The van der Waals surface area contributed by atoms with Crippen molar-refractivity contribution in [3.8, 4) is 5.75 Å². The highest BCUT2D eigenvalue weighted by molar-refractivity contribution is 6.18. The molecule has 19 heavy (non-hydrogen) atoms. The SMILES string of the molecule is Cc1ccc2c(c1)CC(CC1(CCl)CCCOC1)O2. The zero-order chi connectivity index (χ0) is 13.3. The quantitative estimate of drug-likeness (QED) is 0.786. The summed E-state index contributed by atoms with van der Waals surface area (Å²) in [5, 5.41) is 0. The summed E-state index contributed by atoms with van der Waals surface area (Å²) in [4.78, 5) is 0. The van der Waals surface area contributed by atoms with Crippen LogP contribution in [0.5, 0.6) is 5.75 Å². The summed E-state index contributed by atoms with van der Waals surface area (Å²) in [6.45, 7) is 3.79. The fourth-order valence-corrected chi connectivity index (χ4v) is 3.60. The van der Waals surface area contributed by atoms with Crippen LogP contribution in [0, 0.1) is 12.3 Å². The molecule has 0 amide bonds. The highest BCUT2D eigenvalue weighted by Gasteiger charge is 2.37. The summed E-state index contributed by atoms with van der Waals surface area (Å²) >= 11 is 6.22. The van der Waals surface area contributed by atoms with Gasteiger partial charge in [0.2, 0.25) is 0 Å². The van der Waals surface area contributed by atoms with Gasteiger partial charge in [0.25, 0.3) is 0 Å². The molecule has 0 saturated carbocycles. The van der Waals surface area contributed by atoms with Crippen molar-refractivity contribution >= 4 is 11.6 Å². The third kappa shape index (κ3) is 2.75. The Labute approximate surface area is 120 Å². The Hall–Kier alpha value is -0.730. The fraction of sp³-hybridized carbons (Fsp3) is 0.625. The number of halogens is 1. The van der Waals surface area contributed by atoms with Crippen LogP contribution in [-0.2, 0) is 11.2 Å². The van der Waals surface area contributed by atoms with E-state index in [4.69, 9.17) is 21.1 Å². The van der Waals surface area contributed by atoms with Gasteiger partial charge in [-0.3, -0.25) is 0 Å². The molecule has 2 unspecified atom stereocenters. The first-order valence-corrected chi connectivity index (χ1v) is 7.64. The molecule has 3 rings (SSSR count). The van der Waals surface area contributed by atoms with Crippen molar-refractivity contribution in [2.75, 3.05) is 19.1 Å². The van der Waals surface area contributed by atoms with Gasteiger partial charge in [-0.15, -0.1) is 11.6 Å². The molecule has 0 aliphatic carbocycles. The molecule has 0 N–H and O–H groups in total. The molecule has 0 radical (unpaired) electrons. The number of rotatable bonds is 3. The van der Waals surface area contributed by atoms with Crippen LogP contribution in [0.3, 0.4) is 0 Å². The van der Waals surface area contributed by atoms with Gasteiger partial charge in [-0.1, -0.05) is 17.7 Å². The molecule has 2 nitrogen and oxygen atoms in total. The fourth-order valence-electron chi connectivity index (χ4n) is 3.28. The number of alkyl halides is 1. The van der Waals surface area contributed by atoms with E-state index in [1.165, 1.54) is 11.1 Å². The maximum atomic E-state index is 6.22. The lowest BCUT2D eigenvalue weighted by molar-refractivity contribution is -0.0160. The Balaban J connectivity index is 1.69. The van der Waals surface area contributed by atoms with Crippen LogP contribution in [0.4, 0.5) is 0 Å². The minimum absolute atomic E-state index is 0.113. The number of ether oxygens (including phenoxy) is 2. The zero-order valence-electron chi connectivity index (χ0n) is 11.5. The maximum Gasteiger partial charge on any atom is 0.123 e. The van der Waals surface area contributed by atoms with Crippen LogP contribution in [0.15, 0.2) is 18.2 Å². The molecular formula is C16H21ClO2. The Morgan fingerprint density at radius 3 is 3.05 bits per heavy atom. The van der Waals surface area contributed by atoms with Crippen molar-refractivity contribution in [1.82, 2.24) is 0 Å². The molecule has 1 aromatic rings. The summed E-state index contributed by atoms with van der Waals surface area (Å²) in [6.07, 6.45) is 4.55. The van der Waals surface area contributed by atoms with Crippen molar-refractivity contribution in [2.24, 2.45) is 5.41 Å². The average Bonchev–Trinajstić information content (AvgIpc) is 2.81. The molecule has 2 aliphatic heterocycles. The second kappa shape index (κ2) is 5.34. The molecule has 1 aromatic carbocycles. The lowest BCUT2D eigenvalue weighted by Crippen LogP contribution is -2.38. The van der Waals surface area contributed by atoms with Crippen LogP contribution < -0.4 is 4.74 Å². The Kier molecular flexibility index (Phi) is 3.72. The molecule has 0 aromatic heterocycles. The van der Waals surface area contributed by atoms with Crippen LogP contribution in [0.25, 0.3) is 0 Å². The largest absolute Gasteiger partial charge is 0.490 e. The third-order valence-electron chi connectivity index (χ3n) is 4.31. The summed E-state index contributed by atoms with van der Waals surface area (Å²) in [5.41, 5.74) is 2.75. The van der Waals surface area contributed by atoms with Gasteiger partial charge in [-0.05, 0) is 37.8 Å². The topological polar surface area (TPSA) is 18.5 Å². The van der Waals surface area contributed by atoms with Gasteiger partial charge in [0.05, 0.1) is 6.61 Å². The van der Waals surface area contributed by atoms with Gasteiger partial charge >= 0.3 is 0 Å². The smallest absolute Gasteiger partial charge is 0.123 e. The van der Waals surface area contributed by atoms with E-state index in [0.29, 0.717) is 5.88 Å². The number of hydrogen-bond acceptors (Lipinski definition) is 2. The van der Waals surface area contributed by atoms with Crippen molar-refractivity contribution in [2.45, 2.75) is 38.7 Å². The van der Waals surface area contributed by atoms with Gasteiger partial charge in [0, 0.05) is 24.3 Å². The Morgan fingerprint density at radius 1 is 1.42 bits per heavy atom. The highest BCUT2D eigenvalue weighted by Crippen LogP contribution is 2.39. The summed E-state index contributed by atoms with van der Waals surface area (Å²) < 4.78 is 11.7. The molecule has 0 spiro atoms. The van der Waals surface area contributed by atoms with E-state index in [1.807, 2.05) is 0 Å². The summed E-state index contributed by atoms with van der Waals surface area (Å²) in [6, 6.07) is 6.44. The van der Waals surface area contributed by atoms with Gasteiger partial charge in [-0.2, -0.15) is 0 Å². The highest BCUT2D eigenvalue weighted by atomic mass is 35.5. The van der Waals surface area contributed by atoms with E-state index < -0.39 is 0 Å². The normalized spacial score (nSPS) is 29.9. The monoisotopic (exact) mass is 280 g/mol. The predicted octanol–water partition coefficient (Wildman–Crippen LogP) is 3.72. The van der Waals surface area contributed by atoms with E-state index in [-0.39, 0.29) is 11.5 Å². The second-order valence-electron chi connectivity index (χ2n) is 6.05. The predicted molar refractivity (Wildman–Crippen MR) is 77.1 cm³/mol. The average molecular weight is 281 g/mol. The molecule has 2 aliphatic rings. The van der Waals surface area contributed by atoms with Gasteiger partial charge in [0.15, 0.2) is 0 Å². The molecule has 0 bridgehead atoms. The van der Waals surface area contributed by atoms with Crippen LogP contribution in [0.2, 0.25) is 0 Å². The van der Waals surface area contributed by atoms with Gasteiger partial charge < -0.3 is 9.47 Å². The zero-order valence-corrected chi connectivity index (χ0v) is 12.2. The molecule has 2 atom stereocenters. The third-order valence-corrected chi connectivity index (χ3v) is 4.87. The number of fused-ring (bicyclic) bond motifs is 1. The van der Waals surface area contributed by atoms with Gasteiger partial charge in [-0.25, -0.2) is 0 Å². The lowest BCUT2D eigenvalue weighted by Gasteiger charge is -2.36. The molecule has 3 heteroatoms. The van der Waals surface area contributed by atoms with Crippen molar-refractivity contribution < 1.29 is 9.47 Å².